The van der Waals surface area contributed by atoms with Crippen LogP contribution >= 0.6 is 23.1 Å². The van der Waals surface area contributed by atoms with E-state index in [0.29, 0.717) is 12.1 Å². The Labute approximate surface area is 131 Å². The van der Waals surface area contributed by atoms with Crippen molar-refractivity contribution in [3.63, 3.8) is 0 Å². The Balaban J connectivity index is 2.01. The molecule has 2 heterocycles. The Hall–Kier alpha value is -0.910. The van der Waals surface area contributed by atoms with Crippen molar-refractivity contribution < 1.29 is 8.78 Å². The van der Waals surface area contributed by atoms with Crippen LogP contribution in [0.15, 0.2) is 24.3 Å². The molecular weight excluding hydrogens is 308 g/mol. The van der Waals surface area contributed by atoms with Crippen LogP contribution in [0.5, 0.6) is 0 Å². The average molecular weight is 325 g/mol. The third-order valence-electron chi connectivity index (χ3n) is 3.63. The molecule has 0 spiro atoms. The van der Waals surface area contributed by atoms with Crippen LogP contribution in [0.3, 0.4) is 0 Å². The number of halogens is 2. The number of hydrogen-bond acceptors (Lipinski definition) is 3. The molecule has 0 aliphatic carbocycles. The smallest absolute Gasteiger partial charge is 0.163 e. The molecule has 0 fully saturated rings. The summed E-state index contributed by atoms with van der Waals surface area (Å²) < 4.78 is 27.6. The first-order valence-electron chi connectivity index (χ1n) is 7.07. The maximum absolute atomic E-state index is 14.1. The van der Waals surface area contributed by atoms with Gasteiger partial charge in [0.25, 0.3) is 0 Å². The molecule has 1 aromatic heterocycles. The van der Waals surface area contributed by atoms with E-state index in [-0.39, 0.29) is 6.04 Å². The van der Waals surface area contributed by atoms with Crippen LogP contribution in [-0.2, 0) is 12.2 Å². The highest BCUT2D eigenvalue weighted by Gasteiger charge is 2.23. The third-order valence-corrected chi connectivity index (χ3v) is 5.94. The molecule has 0 amide bonds. The van der Waals surface area contributed by atoms with Gasteiger partial charge < -0.3 is 5.32 Å². The van der Waals surface area contributed by atoms with E-state index in [1.165, 1.54) is 10.4 Å². The van der Waals surface area contributed by atoms with Crippen molar-refractivity contribution in [2.75, 3.05) is 12.3 Å². The number of nitrogens with one attached hydrogen (secondary N) is 1. The largest absolute Gasteiger partial charge is 0.306 e. The summed E-state index contributed by atoms with van der Waals surface area (Å²) in [4.78, 5) is 2.47. The quantitative estimate of drug-likeness (QED) is 0.887. The zero-order valence-electron chi connectivity index (χ0n) is 11.8. The first kappa shape index (κ1) is 15.0. The standard InChI is InChI=1S/C16H17F2NS2/c1-2-19-16(11-4-3-5-12(17)15(11)18)14-8-10-9-20-7-6-13(10)21-14/h3-5,8,16,19H,2,6-7,9H2,1H3. The summed E-state index contributed by atoms with van der Waals surface area (Å²) in [5.41, 5.74) is 1.74. The van der Waals surface area contributed by atoms with Gasteiger partial charge in [0, 0.05) is 21.1 Å². The number of thioether (sulfide) groups is 1. The molecule has 2 aromatic rings. The molecule has 1 nitrogen and oxygen atoms in total. The van der Waals surface area contributed by atoms with Gasteiger partial charge >= 0.3 is 0 Å². The maximum atomic E-state index is 14.1. The summed E-state index contributed by atoms with van der Waals surface area (Å²) in [5, 5.41) is 3.29. The van der Waals surface area contributed by atoms with Gasteiger partial charge in [-0.3, -0.25) is 0 Å². The number of thiophene rings is 1. The molecule has 1 aliphatic heterocycles. The van der Waals surface area contributed by atoms with Gasteiger partial charge in [-0.15, -0.1) is 11.3 Å². The van der Waals surface area contributed by atoms with Gasteiger partial charge in [0.1, 0.15) is 0 Å². The number of hydrogen-bond donors (Lipinski definition) is 1. The molecule has 1 aliphatic rings. The minimum atomic E-state index is -0.785. The van der Waals surface area contributed by atoms with Crippen LogP contribution in [0.1, 0.15) is 33.8 Å². The summed E-state index contributed by atoms with van der Waals surface area (Å²) in [6.45, 7) is 2.69. The third kappa shape index (κ3) is 3.00. The van der Waals surface area contributed by atoms with Crippen molar-refractivity contribution in [3.8, 4) is 0 Å². The van der Waals surface area contributed by atoms with Crippen LogP contribution in [-0.4, -0.2) is 12.3 Å². The van der Waals surface area contributed by atoms with Gasteiger partial charge in [-0.1, -0.05) is 19.1 Å². The molecule has 0 bridgehead atoms. The minimum absolute atomic E-state index is 0.272. The normalized spacial score (nSPS) is 15.8. The second kappa shape index (κ2) is 6.46. The zero-order chi connectivity index (χ0) is 14.8. The topological polar surface area (TPSA) is 12.0 Å². The molecule has 1 unspecified atom stereocenters. The van der Waals surface area contributed by atoms with Crippen molar-refractivity contribution in [3.05, 3.63) is 56.8 Å². The van der Waals surface area contributed by atoms with Crippen molar-refractivity contribution in [2.45, 2.75) is 25.1 Å². The fraction of sp³-hybridized carbons (Fsp3) is 0.375. The zero-order valence-corrected chi connectivity index (χ0v) is 13.4. The van der Waals surface area contributed by atoms with E-state index in [1.807, 2.05) is 18.7 Å². The van der Waals surface area contributed by atoms with Gasteiger partial charge in [-0.25, -0.2) is 8.78 Å². The van der Waals surface area contributed by atoms with Crippen LogP contribution in [0, 0.1) is 11.6 Å². The summed E-state index contributed by atoms with van der Waals surface area (Å²) in [5.74, 6) is 0.639. The van der Waals surface area contributed by atoms with Crippen molar-refractivity contribution in [2.24, 2.45) is 0 Å². The van der Waals surface area contributed by atoms with E-state index in [1.54, 1.807) is 23.5 Å². The lowest BCUT2D eigenvalue weighted by atomic mass is 10.0. The summed E-state index contributed by atoms with van der Waals surface area (Å²) >= 11 is 3.66. The maximum Gasteiger partial charge on any atom is 0.163 e. The fourth-order valence-corrected chi connectivity index (χ4v) is 5.09. The lowest BCUT2D eigenvalue weighted by Gasteiger charge is -2.17. The first-order valence-corrected chi connectivity index (χ1v) is 9.04. The first-order chi connectivity index (χ1) is 10.2. The van der Waals surface area contributed by atoms with E-state index in [4.69, 9.17) is 0 Å². The highest BCUT2D eigenvalue weighted by molar-refractivity contribution is 7.98. The summed E-state index contributed by atoms with van der Waals surface area (Å²) in [6, 6.07) is 6.29. The Morgan fingerprint density at radius 3 is 2.95 bits per heavy atom. The second-order valence-corrected chi connectivity index (χ2v) is 7.31. The molecule has 21 heavy (non-hydrogen) atoms. The van der Waals surface area contributed by atoms with Crippen LogP contribution in [0.4, 0.5) is 8.78 Å². The SMILES string of the molecule is CCNC(c1cc2c(s1)CCSC2)c1cccc(F)c1F. The van der Waals surface area contributed by atoms with E-state index < -0.39 is 11.6 Å². The molecule has 1 N–H and O–H groups in total. The molecule has 0 saturated carbocycles. The van der Waals surface area contributed by atoms with Gasteiger partial charge in [-0.2, -0.15) is 11.8 Å². The number of aryl methyl sites for hydroxylation is 1. The Morgan fingerprint density at radius 2 is 2.19 bits per heavy atom. The number of rotatable bonds is 4. The van der Waals surface area contributed by atoms with E-state index in [9.17, 15) is 8.78 Å². The molecule has 5 heteroatoms. The summed E-state index contributed by atoms with van der Waals surface area (Å²) in [7, 11) is 0. The minimum Gasteiger partial charge on any atom is -0.306 e. The van der Waals surface area contributed by atoms with Gasteiger partial charge in [0.2, 0.25) is 0 Å². The Kier molecular flexibility index (Phi) is 4.62. The lowest BCUT2D eigenvalue weighted by molar-refractivity contribution is 0.484. The molecule has 1 atom stereocenters. The monoisotopic (exact) mass is 325 g/mol. The van der Waals surface area contributed by atoms with Crippen LogP contribution in [0.2, 0.25) is 0 Å². The van der Waals surface area contributed by atoms with Crippen LogP contribution < -0.4 is 5.32 Å². The number of fused-ring (bicyclic) bond motifs is 1. The molecule has 0 radical (unpaired) electrons. The molecular formula is C16H17F2NS2. The average Bonchev–Trinajstić information content (AvgIpc) is 2.91. The highest BCUT2D eigenvalue weighted by atomic mass is 32.2. The predicted octanol–water partition coefficient (Wildman–Crippen LogP) is 4.51. The van der Waals surface area contributed by atoms with Crippen molar-refractivity contribution in [1.82, 2.24) is 5.32 Å². The molecule has 0 saturated heterocycles. The number of benzene rings is 1. The van der Waals surface area contributed by atoms with Crippen LogP contribution in [0.25, 0.3) is 0 Å². The van der Waals surface area contributed by atoms with E-state index in [0.717, 1.165) is 28.9 Å². The Morgan fingerprint density at radius 1 is 1.33 bits per heavy atom. The second-order valence-electron chi connectivity index (χ2n) is 5.03. The highest BCUT2D eigenvalue weighted by Crippen LogP contribution is 2.37. The fourth-order valence-electron chi connectivity index (χ4n) is 2.62. The van der Waals surface area contributed by atoms with Crippen molar-refractivity contribution >= 4 is 23.1 Å². The molecule has 1 aromatic carbocycles. The molecule has 3 rings (SSSR count). The van der Waals surface area contributed by atoms with Gasteiger partial charge in [0.15, 0.2) is 11.6 Å². The van der Waals surface area contributed by atoms with E-state index >= 15 is 0 Å². The lowest BCUT2D eigenvalue weighted by Crippen LogP contribution is -2.22. The molecule has 112 valence electrons. The Bertz CT molecular complexity index is 616. The van der Waals surface area contributed by atoms with Gasteiger partial charge in [-0.05, 0) is 36.4 Å². The summed E-state index contributed by atoms with van der Waals surface area (Å²) in [6.07, 6.45) is 1.08. The predicted molar refractivity (Wildman–Crippen MR) is 86.1 cm³/mol. The van der Waals surface area contributed by atoms with E-state index in [2.05, 4.69) is 11.4 Å². The van der Waals surface area contributed by atoms with Crippen molar-refractivity contribution in [1.29, 1.82) is 0 Å². The van der Waals surface area contributed by atoms with Gasteiger partial charge in [0.05, 0.1) is 6.04 Å².